The van der Waals surface area contributed by atoms with Gasteiger partial charge in [0.1, 0.15) is 5.82 Å². The number of amides is 1. The van der Waals surface area contributed by atoms with E-state index in [4.69, 9.17) is 0 Å². The third kappa shape index (κ3) is 8.61. The molecule has 8 nitrogen and oxygen atoms in total. The SMILES string of the molecule is Cc1ccc(CNC(=O)c2nn(-c3ccc(F)cc3)c(C=C[C@H](O)C[C@@H](O)CC(=O)[O-])c2C(C)C)cc1.[Na+]. The summed E-state index contributed by atoms with van der Waals surface area (Å²) >= 11 is 0. The number of aromatic nitrogens is 2. The number of hydrogen-bond acceptors (Lipinski definition) is 6. The number of carbonyl (C=O) groups excluding carboxylic acids is 2. The van der Waals surface area contributed by atoms with Crippen molar-refractivity contribution in [1.29, 1.82) is 0 Å². The van der Waals surface area contributed by atoms with Crippen molar-refractivity contribution in [2.75, 3.05) is 0 Å². The van der Waals surface area contributed by atoms with E-state index in [9.17, 15) is 29.3 Å². The van der Waals surface area contributed by atoms with Crippen molar-refractivity contribution in [1.82, 2.24) is 15.1 Å². The van der Waals surface area contributed by atoms with Gasteiger partial charge in [0.15, 0.2) is 5.69 Å². The largest absolute Gasteiger partial charge is 1.00 e. The van der Waals surface area contributed by atoms with E-state index in [0.717, 1.165) is 11.1 Å². The second-order valence-electron chi connectivity index (χ2n) is 9.25. The number of nitrogens with one attached hydrogen (secondary N) is 1. The Morgan fingerprint density at radius 2 is 1.74 bits per heavy atom. The van der Waals surface area contributed by atoms with E-state index in [1.165, 1.54) is 35.0 Å². The van der Waals surface area contributed by atoms with Crippen molar-refractivity contribution in [3.8, 4) is 5.69 Å². The molecule has 1 amide bonds. The van der Waals surface area contributed by atoms with Crippen molar-refractivity contribution in [2.24, 2.45) is 0 Å². The Hall–Kier alpha value is -2.82. The van der Waals surface area contributed by atoms with Gasteiger partial charge in [-0.2, -0.15) is 5.10 Å². The van der Waals surface area contributed by atoms with Crippen LogP contribution < -0.4 is 40.0 Å². The number of aliphatic hydroxyl groups excluding tert-OH is 2. The molecule has 10 heteroatoms. The van der Waals surface area contributed by atoms with Crippen LogP contribution in [0.1, 0.15) is 65.5 Å². The average molecular weight is 532 g/mol. The fourth-order valence-electron chi connectivity index (χ4n) is 3.93. The molecule has 1 aromatic heterocycles. The van der Waals surface area contributed by atoms with Crippen molar-refractivity contribution in [3.05, 3.63) is 88.5 Å². The Morgan fingerprint density at radius 1 is 1.11 bits per heavy atom. The number of aliphatic hydroxyl groups is 2. The number of aliphatic carboxylic acids is 1. The Morgan fingerprint density at radius 3 is 2.32 bits per heavy atom. The smallest absolute Gasteiger partial charge is 0.550 e. The van der Waals surface area contributed by atoms with Gasteiger partial charge in [0.25, 0.3) is 5.91 Å². The second-order valence-corrected chi connectivity index (χ2v) is 9.25. The molecule has 2 atom stereocenters. The van der Waals surface area contributed by atoms with Gasteiger partial charge in [0, 0.05) is 30.9 Å². The number of benzene rings is 2. The summed E-state index contributed by atoms with van der Waals surface area (Å²) in [6.07, 6.45) is -0.283. The van der Waals surface area contributed by atoms with E-state index in [0.29, 0.717) is 23.5 Å². The van der Waals surface area contributed by atoms with Crippen LogP contribution in [-0.2, 0) is 11.3 Å². The van der Waals surface area contributed by atoms with Gasteiger partial charge in [-0.05, 0) is 48.7 Å². The van der Waals surface area contributed by atoms with Crippen molar-refractivity contribution in [2.45, 2.75) is 58.3 Å². The predicted octanol–water partition coefficient (Wildman–Crippen LogP) is -0.358. The van der Waals surface area contributed by atoms with Crippen LogP contribution in [0.2, 0.25) is 0 Å². The first kappa shape index (κ1) is 31.4. The monoisotopic (exact) mass is 531 g/mol. The second kappa shape index (κ2) is 14.4. The number of hydrogen-bond donors (Lipinski definition) is 3. The number of halogens is 1. The van der Waals surface area contributed by atoms with Gasteiger partial charge in [-0.1, -0.05) is 49.8 Å². The van der Waals surface area contributed by atoms with E-state index < -0.39 is 30.4 Å². The molecule has 0 fully saturated rings. The molecule has 0 saturated carbocycles. The number of carbonyl (C=O) groups is 2. The molecule has 0 aliphatic carbocycles. The molecule has 0 radical (unpaired) electrons. The zero-order valence-electron chi connectivity index (χ0n) is 22.0. The maximum absolute atomic E-state index is 13.6. The summed E-state index contributed by atoms with van der Waals surface area (Å²) in [5.41, 5.74) is 3.85. The summed E-state index contributed by atoms with van der Waals surface area (Å²) in [5, 5.41) is 38.3. The first-order chi connectivity index (χ1) is 17.5. The molecule has 0 saturated heterocycles. The summed E-state index contributed by atoms with van der Waals surface area (Å²) in [4.78, 5) is 23.9. The van der Waals surface area contributed by atoms with Crippen molar-refractivity contribution >= 4 is 18.0 Å². The van der Waals surface area contributed by atoms with E-state index >= 15 is 0 Å². The van der Waals surface area contributed by atoms with Crippen LogP contribution in [0.3, 0.4) is 0 Å². The normalized spacial score (nSPS) is 12.8. The van der Waals surface area contributed by atoms with E-state index in [-0.39, 0.29) is 53.5 Å². The number of nitrogens with zero attached hydrogens (tertiary/aromatic N) is 2. The Labute approximate surface area is 243 Å². The minimum Gasteiger partial charge on any atom is -0.550 e. The molecule has 0 aliphatic heterocycles. The molecule has 196 valence electrons. The molecule has 1 heterocycles. The van der Waals surface area contributed by atoms with Gasteiger partial charge < -0.3 is 25.4 Å². The summed E-state index contributed by atoms with van der Waals surface area (Å²) in [5.74, 6) is -2.37. The summed E-state index contributed by atoms with van der Waals surface area (Å²) in [6.45, 7) is 6.09. The minimum atomic E-state index is -1.42. The fourth-order valence-corrected chi connectivity index (χ4v) is 3.93. The third-order valence-electron chi connectivity index (χ3n) is 5.79. The maximum Gasteiger partial charge on any atom is 1.00 e. The number of aryl methyl sites for hydroxylation is 1. The molecule has 3 rings (SSSR count). The molecular weight excluding hydrogens is 500 g/mol. The van der Waals surface area contributed by atoms with Crippen LogP contribution in [-0.4, -0.2) is 44.1 Å². The maximum atomic E-state index is 13.6. The van der Waals surface area contributed by atoms with Crippen LogP contribution in [0.4, 0.5) is 4.39 Å². The summed E-state index contributed by atoms with van der Waals surface area (Å²) < 4.78 is 15.1. The summed E-state index contributed by atoms with van der Waals surface area (Å²) in [7, 11) is 0. The number of carboxylic acids is 1. The molecule has 0 spiro atoms. The van der Waals surface area contributed by atoms with Gasteiger partial charge in [0.05, 0.1) is 23.6 Å². The standard InChI is InChI=1S/C28H32FN3O5.Na/c1-17(2)26-24(13-12-22(33)14-23(34)15-25(35)36)32(21-10-8-20(29)9-11-21)31-27(26)28(37)30-16-19-6-4-18(3)5-7-19;/h4-13,17,22-23,33-34H,14-16H2,1-3H3,(H,30,37)(H,35,36);/q;+1/p-1/t22-,23+;/m0./s1. The number of carboxylic acid groups (broad SMARTS) is 1. The van der Waals surface area contributed by atoms with E-state index in [2.05, 4.69) is 10.4 Å². The van der Waals surface area contributed by atoms with Crippen LogP contribution in [0, 0.1) is 12.7 Å². The Bertz CT molecular complexity index is 1260. The first-order valence-electron chi connectivity index (χ1n) is 12.0. The topological polar surface area (TPSA) is 128 Å². The molecule has 2 aromatic carbocycles. The quantitative estimate of drug-likeness (QED) is 0.290. The zero-order valence-corrected chi connectivity index (χ0v) is 24.0. The summed E-state index contributed by atoms with van der Waals surface area (Å²) in [6, 6.07) is 13.4. The molecule has 3 aromatic rings. The third-order valence-corrected chi connectivity index (χ3v) is 5.79. The molecule has 0 aliphatic rings. The Kier molecular flexibility index (Phi) is 11.9. The molecular formula is C28H31FN3NaO5. The van der Waals surface area contributed by atoms with Crippen LogP contribution in [0.5, 0.6) is 0 Å². The van der Waals surface area contributed by atoms with Crippen LogP contribution >= 0.6 is 0 Å². The number of rotatable bonds is 11. The van der Waals surface area contributed by atoms with E-state index in [1.807, 2.05) is 45.0 Å². The van der Waals surface area contributed by atoms with E-state index in [1.54, 1.807) is 6.08 Å². The first-order valence-corrected chi connectivity index (χ1v) is 12.0. The van der Waals surface area contributed by atoms with Crippen molar-refractivity contribution < 1.29 is 58.9 Å². The van der Waals surface area contributed by atoms with Gasteiger partial charge >= 0.3 is 29.6 Å². The molecule has 0 bridgehead atoms. The van der Waals surface area contributed by atoms with Crippen LogP contribution in [0.15, 0.2) is 54.6 Å². The minimum absolute atomic E-state index is 0. The van der Waals surface area contributed by atoms with Crippen molar-refractivity contribution in [3.63, 3.8) is 0 Å². The average Bonchev–Trinajstić information content (AvgIpc) is 3.22. The fraction of sp³-hybridized carbons (Fsp3) is 0.321. The molecule has 3 N–H and O–H groups in total. The van der Waals surface area contributed by atoms with Gasteiger partial charge in [-0.25, -0.2) is 9.07 Å². The Balaban J connectivity index is 0.00000507. The molecule has 0 unspecified atom stereocenters. The zero-order chi connectivity index (χ0) is 27.1. The van der Waals surface area contributed by atoms with Gasteiger partial charge in [0.2, 0.25) is 0 Å². The van der Waals surface area contributed by atoms with Gasteiger partial charge in [-0.15, -0.1) is 0 Å². The van der Waals surface area contributed by atoms with Crippen LogP contribution in [0.25, 0.3) is 11.8 Å². The van der Waals surface area contributed by atoms with Gasteiger partial charge in [-0.3, -0.25) is 4.79 Å². The predicted molar refractivity (Wildman–Crippen MR) is 135 cm³/mol. The molecule has 38 heavy (non-hydrogen) atoms.